The van der Waals surface area contributed by atoms with Gasteiger partial charge in [0.05, 0.1) is 12.1 Å². The number of halogens is 3. The zero-order chi connectivity index (χ0) is 25.3. The summed E-state index contributed by atoms with van der Waals surface area (Å²) >= 11 is 0. The van der Waals surface area contributed by atoms with Gasteiger partial charge in [-0.25, -0.2) is 4.79 Å². The highest BCUT2D eigenvalue weighted by Crippen LogP contribution is 2.44. The largest absolute Gasteiger partial charge is 0.573 e. The fourth-order valence-electron chi connectivity index (χ4n) is 3.85. The van der Waals surface area contributed by atoms with E-state index in [0.29, 0.717) is 33.2 Å². The van der Waals surface area contributed by atoms with E-state index in [9.17, 15) is 28.2 Å². The van der Waals surface area contributed by atoms with E-state index < -0.39 is 36.7 Å². The lowest BCUT2D eigenvalue weighted by Gasteiger charge is -2.33. The fourth-order valence-corrected chi connectivity index (χ4v) is 3.85. The molecule has 2 aromatic carbocycles. The molecular weight excluding hydrogens is 453 g/mol. The van der Waals surface area contributed by atoms with Gasteiger partial charge in [0, 0.05) is 28.1 Å². The molecule has 10 heteroatoms. The minimum atomic E-state index is -4.82. The molecule has 7 nitrogen and oxygen atoms in total. The predicted octanol–water partition coefficient (Wildman–Crippen LogP) is 5.01. The van der Waals surface area contributed by atoms with Crippen LogP contribution in [0.4, 0.5) is 18.0 Å². The normalized spacial score (nSPS) is 14.0. The van der Waals surface area contributed by atoms with Gasteiger partial charge < -0.3 is 25.4 Å². The van der Waals surface area contributed by atoms with E-state index in [2.05, 4.69) is 9.72 Å². The van der Waals surface area contributed by atoms with Gasteiger partial charge in [-0.3, -0.25) is 4.98 Å². The molecule has 0 fully saturated rings. The summed E-state index contributed by atoms with van der Waals surface area (Å²) in [6.45, 7) is 4.83. The third-order valence-corrected chi connectivity index (χ3v) is 5.17. The maximum Gasteiger partial charge on any atom is 0.573 e. The van der Waals surface area contributed by atoms with Crippen LogP contribution in [-0.2, 0) is 4.74 Å². The zero-order valence-corrected chi connectivity index (χ0v) is 18.8. The lowest BCUT2D eigenvalue weighted by molar-refractivity contribution is -0.274. The summed E-state index contributed by atoms with van der Waals surface area (Å²) in [5, 5.41) is 20.9. The predicted molar refractivity (Wildman–Crippen MR) is 119 cm³/mol. The Kier molecular flexibility index (Phi) is 7.04. The number of aromatic nitrogens is 1. The van der Waals surface area contributed by atoms with Crippen LogP contribution in [0.3, 0.4) is 0 Å². The number of carbonyl (C=O) groups excluding carboxylic acids is 1. The third-order valence-electron chi connectivity index (χ3n) is 5.17. The maximum absolute atomic E-state index is 12.6. The molecule has 3 aromatic rings. The van der Waals surface area contributed by atoms with Crippen molar-refractivity contribution in [1.82, 2.24) is 4.98 Å². The molecule has 3 rings (SSSR count). The Labute approximate surface area is 193 Å². The van der Waals surface area contributed by atoms with Crippen molar-refractivity contribution in [3.05, 3.63) is 59.8 Å². The number of pyridine rings is 1. The Hall–Kier alpha value is -3.37. The summed E-state index contributed by atoms with van der Waals surface area (Å²) in [7, 11) is 0. The molecule has 1 amide bonds. The maximum atomic E-state index is 12.6. The highest BCUT2D eigenvalue weighted by Gasteiger charge is 2.35. The van der Waals surface area contributed by atoms with Crippen LogP contribution >= 0.6 is 0 Å². The van der Waals surface area contributed by atoms with Crippen molar-refractivity contribution in [3.63, 3.8) is 0 Å². The van der Waals surface area contributed by atoms with Gasteiger partial charge in [-0.1, -0.05) is 39.0 Å². The highest BCUT2D eigenvalue weighted by molar-refractivity contribution is 5.97. The van der Waals surface area contributed by atoms with Gasteiger partial charge in [-0.05, 0) is 35.4 Å². The van der Waals surface area contributed by atoms with E-state index in [1.165, 1.54) is 30.5 Å². The number of rotatable bonds is 6. The van der Waals surface area contributed by atoms with Gasteiger partial charge in [0.2, 0.25) is 0 Å². The van der Waals surface area contributed by atoms with Crippen molar-refractivity contribution in [2.24, 2.45) is 11.1 Å². The zero-order valence-electron chi connectivity index (χ0n) is 18.8. The van der Waals surface area contributed by atoms with Crippen LogP contribution in [0, 0.1) is 5.41 Å². The summed E-state index contributed by atoms with van der Waals surface area (Å²) in [6, 6.07) is 10.2. The second-order valence-electron chi connectivity index (χ2n) is 8.78. The van der Waals surface area contributed by atoms with Gasteiger partial charge >= 0.3 is 12.5 Å². The molecule has 0 aliphatic rings. The molecule has 0 aliphatic carbocycles. The molecule has 0 saturated heterocycles. The lowest BCUT2D eigenvalue weighted by Crippen LogP contribution is -2.28. The number of primary amides is 1. The number of hydrogen-bond acceptors (Lipinski definition) is 6. The number of ether oxygens (including phenoxy) is 2. The number of aliphatic hydroxyl groups is 2. The van der Waals surface area contributed by atoms with Gasteiger partial charge in [0.15, 0.2) is 0 Å². The van der Waals surface area contributed by atoms with Crippen molar-refractivity contribution in [2.45, 2.75) is 39.3 Å². The Morgan fingerprint density at radius 2 is 1.79 bits per heavy atom. The number of nitrogens with zero attached hydrogens (tertiary/aromatic N) is 1. The molecule has 0 unspecified atom stereocenters. The molecule has 1 aromatic heterocycles. The van der Waals surface area contributed by atoms with E-state index in [1.807, 2.05) is 20.8 Å². The number of carbonyl (C=O) groups is 1. The average Bonchev–Trinajstić information content (AvgIpc) is 2.74. The number of amides is 1. The van der Waals surface area contributed by atoms with Crippen LogP contribution in [0.5, 0.6) is 5.75 Å². The van der Waals surface area contributed by atoms with Crippen LogP contribution in [0.1, 0.15) is 44.1 Å². The van der Waals surface area contributed by atoms with Crippen LogP contribution in [0.2, 0.25) is 0 Å². The first-order valence-corrected chi connectivity index (χ1v) is 10.3. The monoisotopic (exact) mass is 478 g/mol. The Bertz CT molecular complexity index is 1170. The number of alkyl halides is 3. The molecule has 0 radical (unpaired) electrons. The Morgan fingerprint density at radius 3 is 2.32 bits per heavy atom. The smallest absolute Gasteiger partial charge is 0.441 e. The second kappa shape index (κ2) is 9.47. The summed E-state index contributed by atoms with van der Waals surface area (Å²) in [5.74, 6) is -0.384. The number of hydrogen-bond donors (Lipinski definition) is 3. The molecule has 4 N–H and O–H groups in total. The Balaban J connectivity index is 2.31. The molecule has 0 spiro atoms. The number of benzene rings is 2. The molecule has 2 atom stereocenters. The molecular formula is C24H25F3N2O5. The minimum Gasteiger partial charge on any atom is -0.441 e. The van der Waals surface area contributed by atoms with Crippen LogP contribution in [0.15, 0.2) is 48.7 Å². The summed E-state index contributed by atoms with van der Waals surface area (Å²) in [6.07, 6.45) is -6.55. The van der Waals surface area contributed by atoms with Gasteiger partial charge in [0.25, 0.3) is 0 Å². The standard InChI is InChI=1S/C24H25F3N2O5/c1-23(2,3)21(33-22(28)32)17-11-16(13-6-8-14(9-7-13)34-24(25,26)27)20-15(5-4-10-29-20)19(17)18(31)12-30/h4-11,18,21,30-31H,12H2,1-3H3,(H2,28,32)/t18-,21-/m1/s1. The van der Waals surface area contributed by atoms with Gasteiger partial charge in [-0.15, -0.1) is 13.2 Å². The van der Waals surface area contributed by atoms with Crippen molar-refractivity contribution >= 4 is 17.0 Å². The number of nitrogens with two attached hydrogens (primary N) is 1. The molecule has 182 valence electrons. The van der Waals surface area contributed by atoms with Gasteiger partial charge in [0.1, 0.15) is 18.0 Å². The van der Waals surface area contributed by atoms with E-state index in [4.69, 9.17) is 10.5 Å². The van der Waals surface area contributed by atoms with Crippen molar-refractivity contribution in [2.75, 3.05) is 6.61 Å². The molecule has 34 heavy (non-hydrogen) atoms. The van der Waals surface area contributed by atoms with Crippen LogP contribution in [-0.4, -0.2) is 34.3 Å². The second-order valence-corrected chi connectivity index (χ2v) is 8.78. The SMILES string of the molecule is CC(C)(C)[C@H](OC(N)=O)c1cc(-c2ccc(OC(F)(F)F)cc2)c2ncccc2c1[C@H](O)CO. The first-order chi connectivity index (χ1) is 15.8. The van der Waals surface area contributed by atoms with E-state index in [0.717, 1.165) is 0 Å². The first-order valence-electron chi connectivity index (χ1n) is 10.3. The highest BCUT2D eigenvalue weighted by atomic mass is 19.4. The Morgan fingerprint density at radius 1 is 1.15 bits per heavy atom. The number of fused-ring (bicyclic) bond motifs is 1. The van der Waals surface area contributed by atoms with E-state index >= 15 is 0 Å². The van der Waals surface area contributed by atoms with E-state index in [-0.39, 0.29) is 5.75 Å². The fraction of sp³-hybridized carbons (Fsp3) is 0.333. The minimum absolute atomic E-state index is 0.313. The quantitative estimate of drug-likeness (QED) is 0.459. The van der Waals surface area contributed by atoms with Crippen LogP contribution in [0.25, 0.3) is 22.0 Å². The summed E-state index contributed by atoms with van der Waals surface area (Å²) in [4.78, 5) is 16.1. The van der Waals surface area contributed by atoms with Crippen LogP contribution < -0.4 is 10.5 Å². The molecule has 1 heterocycles. The topological polar surface area (TPSA) is 115 Å². The van der Waals surface area contributed by atoms with Crippen molar-refractivity contribution < 1.29 is 37.7 Å². The average molecular weight is 478 g/mol. The van der Waals surface area contributed by atoms with Crippen molar-refractivity contribution in [3.8, 4) is 16.9 Å². The molecule has 0 aliphatic heterocycles. The lowest BCUT2D eigenvalue weighted by atomic mass is 9.79. The summed E-state index contributed by atoms with van der Waals surface area (Å²) in [5.41, 5.74) is 6.81. The molecule has 0 saturated carbocycles. The number of aliphatic hydroxyl groups excluding tert-OH is 2. The third kappa shape index (κ3) is 5.57. The van der Waals surface area contributed by atoms with Crippen molar-refractivity contribution in [1.29, 1.82) is 0 Å². The van der Waals surface area contributed by atoms with E-state index in [1.54, 1.807) is 18.2 Å². The first kappa shape index (κ1) is 25.3. The molecule has 0 bridgehead atoms. The van der Waals surface area contributed by atoms with Gasteiger partial charge in [-0.2, -0.15) is 0 Å². The summed E-state index contributed by atoms with van der Waals surface area (Å²) < 4.78 is 47.0.